The Morgan fingerprint density at radius 1 is 1.24 bits per heavy atom. The van der Waals surface area contributed by atoms with E-state index in [0.717, 1.165) is 56.1 Å². The Bertz CT molecular complexity index is 478. The van der Waals surface area contributed by atoms with Crippen LogP contribution in [0.4, 0.5) is 5.69 Å². The lowest BCUT2D eigenvalue weighted by Crippen LogP contribution is -2.26. The number of aliphatic carboxylic acids is 1. The number of benzene rings is 1. The highest BCUT2D eigenvalue weighted by atomic mass is 35.5. The Labute approximate surface area is 132 Å². The minimum Gasteiger partial charge on any atom is -0.478 e. The first-order valence-electron chi connectivity index (χ1n) is 7.54. The number of carboxylic acid groups (broad SMARTS) is 1. The summed E-state index contributed by atoms with van der Waals surface area (Å²) in [5, 5.41) is 9.50. The van der Waals surface area contributed by atoms with E-state index in [1.54, 1.807) is 6.08 Å². The maximum Gasteiger partial charge on any atom is 0.328 e. The Kier molecular flexibility index (Phi) is 7.91. The fraction of sp³-hybridized carbons (Fsp3) is 0.471. The number of unbranched alkanes of at least 4 members (excludes halogenated alkanes) is 2. The van der Waals surface area contributed by atoms with Crippen LogP contribution < -0.4 is 4.90 Å². The molecule has 4 heteroatoms. The molecular weight excluding hydrogens is 286 g/mol. The Morgan fingerprint density at radius 3 is 2.38 bits per heavy atom. The molecule has 0 bridgehead atoms. The fourth-order valence-corrected chi connectivity index (χ4v) is 2.50. The second kappa shape index (κ2) is 9.46. The number of halogens is 1. The standard InChI is InChI=1S/C17H24ClNO2/c1-3-5-12-19(13-6-4-2)17-14(10-11-16(20)21)8-7-9-15(17)18/h7-11H,3-6,12-13H2,1-2H3,(H,20,21)/b11-10+. The highest BCUT2D eigenvalue weighted by Crippen LogP contribution is 2.31. The third-order valence-electron chi connectivity index (χ3n) is 3.30. The van der Waals surface area contributed by atoms with Crippen molar-refractivity contribution >= 4 is 29.3 Å². The molecule has 0 saturated heterocycles. The third-order valence-corrected chi connectivity index (χ3v) is 3.61. The van der Waals surface area contributed by atoms with E-state index < -0.39 is 5.97 Å². The van der Waals surface area contributed by atoms with Crippen LogP contribution in [-0.4, -0.2) is 24.2 Å². The van der Waals surface area contributed by atoms with E-state index in [0.29, 0.717) is 5.02 Å². The van der Waals surface area contributed by atoms with E-state index in [-0.39, 0.29) is 0 Å². The van der Waals surface area contributed by atoms with Gasteiger partial charge in [0.1, 0.15) is 0 Å². The van der Waals surface area contributed by atoms with Crippen LogP contribution in [0, 0.1) is 0 Å². The molecule has 0 spiro atoms. The van der Waals surface area contributed by atoms with Crippen molar-refractivity contribution in [3.05, 3.63) is 34.9 Å². The summed E-state index contributed by atoms with van der Waals surface area (Å²) >= 11 is 6.37. The quantitative estimate of drug-likeness (QED) is 0.663. The fourth-order valence-electron chi connectivity index (χ4n) is 2.19. The molecule has 1 rings (SSSR count). The SMILES string of the molecule is CCCCN(CCCC)c1c(Cl)cccc1/C=C/C(=O)O. The highest BCUT2D eigenvalue weighted by Gasteiger charge is 2.13. The maximum absolute atomic E-state index is 10.7. The second-order valence-corrected chi connectivity index (χ2v) is 5.45. The Hall–Kier alpha value is -1.48. The van der Waals surface area contributed by atoms with Gasteiger partial charge in [-0.15, -0.1) is 0 Å². The zero-order chi connectivity index (χ0) is 15.7. The second-order valence-electron chi connectivity index (χ2n) is 5.04. The minimum absolute atomic E-state index is 0.676. The minimum atomic E-state index is -0.949. The predicted octanol–water partition coefficient (Wildman–Crippen LogP) is 4.84. The molecule has 1 N–H and O–H groups in total. The van der Waals surface area contributed by atoms with Gasteiger partial charge >= 0.3 is 5.97 Å². The van der Waals surface area contributed by atoms with Gasteiger partial charge in [0.25, 0.3) is 0 Å². The normalized spacial score (nSPS) is 11.0. The number of carboxylic acids is 1. The largest absolute Gasteiger partial charge is 0.478 e. The van der Waals surface area contributed by atoms with Gasteiger partial charge in [-0.2, -0.15) is 0 Å². The molecule has 0 aliphatic rings. The molecule has 0 unspecified atom stereocenters. The van der Waals surface area contributed by atoms with Gasteiger partial charge in [0.05, 0.1) is 10.7 Å². The van der Waals surface area contributed by atoms with Crippen LogP contribution in [0.15, 0.2) is 24.3 Å². The number of nitrogens with zero attached hydrogens (tertiary/aromatic N) is 1. The molecule has 1 aromatic carbocycles. The molecule has 0 heterocycles. The highest BCUT2D eigenvalue weighted by molar-refractivity contribution is 6.33. The van der Waals surface area contributed by atoms with Gasteiger partial charge in [-0.1, -0.05) is 50.4 Å². The third kappa shape index (κ3) is 5.80. The first-order valence-corrected chi connectivity index (χ1v) is 7.92. The molecule has 1 aromatic rings. The van der Waals surface area contributed by atoms with Crippen molar-refractivity contribution in [3.8, 4) is 0 Å². The van der Waals surface area contributed by atoms with Crippen LogP contribution in [0.3, 0.4) is 0 Å². The summed E-state index contributed by atoms with van der Waals surface area (Å²) in [5.41, 5.74) is 1.80. The molecular formula is C17H24ClNO2. The van der Waals surface area contributed by atoms with Crippen molar-refractivity contribution in [3.63, 3.8) is 0 Å². The molecule has 0 atom stereocenters. The van der Waals surface area contributed by atoms with E-state index in [9.17, 15) is 4.79 Å². The van der Waals surface area contributed by atoms with E-state index in [2.05, 4.69) is 18.7 Å². The molecule has 0 radical (unpaired) electrons. The number of rotatable bonds is 9. The van der Waals surface area contributed by atoms with Crippen LogP contribution in [0.5, 0.6) is 0 Å². The summed E-state index contributed by atoms with van der Waals surface area (Å²) in [6, 6.07) is 5.62. The summed E-state index contributed by atoms with van der Waals surface area (Å²) in [5.74, 6) is -0.949. The van der Waals surface area contributed by atoms with E-state index in [4.69, 9.17) is 16.7 Å². The summed E-state index contributed by atoms with van der Waals surface area (Å²) in [6.07, 6.45) is 7.20. The first-order chi connectivity index (χ1) is 10.1. The van der Waals surface area contributed by atoms with Crippen molar-refractivity contribution in [1.29, 1.82) is 0 Å². The van der Waals surface area contributed by atoms with Gasteiger partial charge in [-0.3, -0.25) is 0 Å². The lowest BCUT2D eigenvalue weighted by atomic mass is 10.1. The average Bonchev–Trinajstić information content (AvgIpc) is 2.46. The molecule has 0 saturated carbocycles. The molecule has 0 amide bonds. The van der Waals surface area contributed by atoms with E-state index in [1.165, 1.54) is 0 Å². The molecule has 3 nitrogen and oxygen atoms in total. The summed E-state index contributed by atoms with van der Waals surface area (Å²) in [7, 11) is 0. The number of hydrogen-bond donors (Lipinski definition) is 1. The monoisotopic (exact) mass is 309 g/mol. The van der Waals surface area contributed by atoms with Crippen molar-refractivity contribution < 1.29 is 9.90 Å². The van der Waals surface area contributed by atoms with Gasteiger partial charge in [0, 0.05) is 19.2 Å². The van der Waals surface area contributed by atoms with Crippen molar-refractivity contribution in [1.82, 2.24) is 0 Å². The number of hydrogen-bond acceptors (Lipinski definition) is 2. The van der Waals surface area contributed by atoms with Crippen LogP contribution >= 0.6 is 11.6 Å². The van der Waals surface area contributed by atoms with Crippen LogP contribution in [0.1, 0.15) is 45.1 Å². The van der Waals surface area contributed by atoms with Gasteiger partial charge in [0.15, 0.2) is 0 Å². The first kappa shape index (κ1) is 17.6. The lowest BCUT2D eigenvalue weighted by molar-refractivity contribution is -0.131. The molecule has 21 heavy (non-hydrogen) atoms. The van der Waals surface area contributed by atoms with Gasteiger partial charge in [-0.25, -0.2) is 4.79 Å². The molecule has 0 aliphatic heterocycles. The molecule has 0 aromatic heterocycles. The Balaban J connectivity index is 3.11. The van der Waals surface area contributed by atoms with Gasteiger partial charge in [-0.05, 0) is 30.5 Å². The van der Waals surface area contributed by atoms with E-state index >= 15 is 0 Å². The molecule has 116 valence electrons. The van der Waals surface area contributed by atoms with E-state index in [1.807, 2.05) is 18.2 Å². The smallest absolute Gasteiger partial charge is 0.328 e. The zero-order valence-corrected chi connectivity index (χ0v) is 13.6. The molecule has 0 fully saturated rings. The van der Waals surface area contributed by atoms with Crippen molar-refractivity contribution in [2.75, 3.05) is 18.0 Å². The number of para-hydroxylation sites is 1. The van der Waals surface area contributed by atoms with Crippen LogP contribution in [0.2, 0.25) is 5.02 Å². The predicted molar refractivity (Wildman–Crippen MR) is 90.2 cm³/mol. The van der Waals surface area contributed by atoms with Crippen molar-refractivity contribution in [2.45, 2.75) is 39.5 Å². The van der Waals surface area contributed by atoms with Gasteiger partial charge in [0.2, 0.25) is 0 Å². The summed E-state index contributed by atoms with van der Waals surface area (Å²) < 4.78 is 0. The van der Waals surface area contributed by atoms with Gasteiger partial charge < -0.3 is 10.0 Å². The topological polar surface area (TPSA) is 40.5 Å². The maximum atomic E-state index is 10.7. The zero-order valence-electron chi connectivity index (χ0n) is 12.8. The van der Waals surface area contributed by atoms with Crippen molar-refractivity contribution in [2.24, 2.45) is 0 Å². The van der Waals surface area contributed by atoms with Crippen LogP contribution in [0.25, 0.3) is 6.08 Å². The summed E-state index contributed by atoms with van der Waals surface area (Å²) in [6.45, 7) is 6.20. The average molecular weight is 310 g/mol. The van der Waals surface area contributed by atoms with Crippen LogP contribution in [-0.2, 0) is 4.79 Å². The summed E-state index contributed by atoms with van der Waals surface area (Å²) in [4.78, 5) is 13.0. The lowest BCUT2D eigenvalue weighted by Gasteiger charge is -2.27. The molecule has 0 aliphatic carbocycles. The number of carbonyl (C=O) groups is 1. The Morgan fingerprint density at radius 2 is 1.86 bits per heavy atom. The number of anilines is 1.